The van der Waals surface area contributed by atoms with Gasteiger partial charge in [-0.15, -0.1) is 0 Å². The molecular weight excluding hydrogens is 304 g/mol. The maximum Gasteiger partial charge on any atom is 0.126 e. The number of benzene rings is 1. The average molecular weight is 353 g/mol. The van der Waals surface area contributed by atoms with Gasteiger partial charge in [0.15, 0.2) is 0 Å². The summed E-state index contributed by atoms with van der Waals surface area (Å²) in [5.74, 6) is 1.88. The van der Waals surface area contributed by atoms with Gasteiger partial charge in [0.1, 0.15) is 5.78 Å². The molecule has 25 heavy (non-hydrogen) atoms. The van der Waals surface area contributed by atoms with Gasteiger partial charge in [0, 0.05) is 0 Å². The van der Waals surface area contributed by atoms with E-state index in [1.165, 1.54) is 37.0 Å². The molecule has 0 saturated heterocycles. The van der Waals surface area contributed by atoms with Crippen LogP contribution in [0.1, 0.15) is 99.3 Å². The smallest absolute Gasteiger partial charge is 0.126 e. The van der Waals surface area contributed by atoms with Gasteiger partial charge in [-0.25, -0.2) is 0 Å². The molecule has 150 valence electrons. The van der Waals surface area contributed by atoms with E-state index in [4.69, 9.17) is 0 Å². The van der Waals surface area contributed by atoms with Crippen LogP contribution in [0.4, 0.5) is 0 Å². The summed E-state index contributed by atoms with van der Waals surface area (Å²) < 4.78 is 0. The molecular formula is C24H48O. The summed E-state index contributed by atoms with van der Waals surface area (Å²) in [6, 6.07) is 6.61. The molecule has 0 aliphatic rings. The molecule has 1 aromatic rings. The van der Waals surface area contributed by atoms with E-state index in [-0.39, 0.29) is 5.78 Å². The first-order valence-corrected chi connectivity index (χ1v) is 10.0. The minimum absolute atomic E-state index is 0.167. The van der Waals surface area contributed by atoms with E-state index in [1.807, 2.05) is 13.8 Å². The zero-order valence-electron chi connectivity index (χ0n) is 19.7. The fourth-order valence-corrected chi connectivity index (χ4v) is 1.18. The van der Waals surface area contributed by atoms with E-state index in [0.717, 1.165) is 18.3 Å². The molecule has 0 spiro atoms. The maximum absolute atomic E-state index is 9.44. The Morgan fingerprint density at radius 1 is 0.920 bits per heavy atom. The molecule has 0 heterocycles. The Hall–Kier alpha value is -1.11. The van der Waals surface area contributed by atoms with Gasteiger partial charge in [-0.1, -0.05) is 92.5 Å². The Labute approximate surface area is 160 Å². The van der Waals surface area contributed by atoms with Crippen LogP contribution in [0.15, 0.2) is 18.2 Å². The van der Waals surface area contributed by atoms with E-state index in [2.05, 4.69) is 80.5 Å². The first kappa shape index (κ1) is 31.6. The highest BCUT2D eigenvalue weighted by atomic mass is 16.1. The van der Waals surface area contributed by atoms with E-state index in [9.17, 15) is 4.79 Å². The lowest BCUT2D eigenvalue weighted by Crippen LogP contribution is -1.86. The van der Waals surface area contributed by atoms with Crippen molar-refractivity contribution >= 4 is 5.78 Å². The Bertz CT molecular complexity index is 382. The number of rotatable bonds is 2. The molecule has 1 rings (SSSR count). The van der Waals surface area contributed by atoms with E-state index in [1.54, 1.807) is 0 Å². The van der Waals surface area contributed by atoms with Crippen LogP contribution < -0.4 is 0 Å². The Morgan fingerprint density at radius 2 is 1.24 bits per heavy atom. The van der Waals surface area contributed by atoms with Crippen LogP contribution >= 0.6 is 0 Å². The van der Waals surface area contributed by atoms with Gasteiger partial charge in [-0.3, -0.25) is 0 Å². The van der Waals surface area contributed by atoms with Gasteiger partial charge in [-0.2, -0.15) is 0 Å². The highest BCUT2D eigenvalue weighted by Crippen LogP contribution is 2.10. The first-order chi connectivity index (χ1) is 11.5. The molecule has 0 unspecified atom stereocenters. The number of carbonyl (C=O) groups excluding carboxylic acids is 1. The highest BCUT2D eigenvalue weighted by Gasteiger charge is 1.93. The number of Topliss-reactive ketones (excluding diaryl/α,β-unsaturated/α-hetero) is 1. The van der Waals surface area contributed by atoms with Gasteiger partial charge in [-0.05, 0) is 57.1 Å². The minimum Gasteiger partial charge on any atom is -0.300 e. The van der Waals surface area contributed by atoms with Crippen LogP contribution in [0.3, 0.4) is 0 Å². The quantitative estimate of drug-likeness (QED) is 0.524. The molecule has 0 aromatic heterocycles. The summed E-state index contributed by atoms with van der Waals surface area (Å²) in [4.78, 5) is 9.44. The van der Waals surface area contributed by atoms with Gasteiger partial charge in [0.05, 0.1) is 0 Å². The molecule has 0 bridgehead atoms. The van der Waals surface area contributed by atoms with Gasteiger partial charge >= 0.3 is 0 Å². The fourth-order valence-electron chi connectivity index (χ4n) is 1.18. The number of carbonyl (C=O) groups is 1. The van der Waals surface area contributed by atoms with Gasteiger partial charge in [0.2, 0.25) is 0 Å². The number of hydrogen-bond acceptors (Lipinski definition) is 1. The molecule has 1 heteroatoms. The van der Waals surface area contributed by atoms with Crippen molar-refractivity contribution in [2.75, 3.05) is 0 Å². The monoisotopic (exact) mass is 352 g/mol. The largest absolute Gasteiger partial charge is 0.300 e. The second-order valence-corrected chi connectivity index (χ2v) is 7.23. The van der Waals surface area contributed by atoms with Crippen molar-refractivity contribution in [3.8, 4) is 0 Å². The summed E-state index contributed by atoms with van der Waals surface area (Å²) >= 11 is 0. The van der Waals surface area contributed by atoms with Crippen LogP contribution in [0.5, 0.6) is 0 Å². The van der Waals surface area contributed by atoms with Crippen molar-refractivity contribution in [1.29, 1.82) is 0 Å². The predicted molar refractivity (Wildman–Crippen MR) is 119 cm³/mol. The second kappa shape index (κ2) is 22.9. The molecule has 0 fully saturated rings. The lowest BCUT2D eigenvalue weighted by atomic mass is 10.0. The zero-order chi connectivity index (χ0) is 21.0. The molecule has 0 N–H and O–H groups in total. The van der Waals surface area contributed by atoms with E-state index in [0.29, 0.717) is 0 Å². The fraction of sp³-hybridized carbons (Fsp3) is 0.708. The lowest BCUT2D eigenvalue weighted by Gasteiger charge is -2.02. The van der Waals surface area contributed by atoms with Crippen LogP contribution in [-0.2, 0) is 11.2 Å². The highest BCUT2D eigenvalue weighted by molar-refractivity contribution is 5.72. The van der Waals surface area contributed by atoms with E-state index >= 15 is 0 Å². The molecule has 0 aliphatic heterocycles. The first-order valence-electron chi connectivity index (χ1n) is 10.0. The van der Waals surface area contributed by atoms with Gasteiger partial charge in [0.25, 0.3) is 0 Å². The third-order valence-corrected chi connectivity index (χ3v) is 2.70. The van der Waals surface area contributed by atoms with Crippen molar-refractivity contribution in [3.63, 3.8) is 0 Å². The minimum atomic E-state index is 0.167. The zero-order valence-corrected chi connectivity index (χ0v) is 19.7. The number of ketones is 1. The third kappa shape index (κ3) is 39.6. The van der Waals surface area contributed by atoms with E-state index < -0.39 is 0 Å². The Balaban J connectivity index is -0.000000126. The van der Waals surface area contributed by atoms with Crippen LogP contribution in [0.2, 0.25) is 0 Å². The summed E-state index contributed by atoms with van der Waals surface area (Å²) in [6.45, 7) is 26.7. The lowest BCUT2D eigenvalue weighted by molar-refractivity contribution is -0.114. The maximum atomic E-state index is 9.44. The van der Waals surface area contributed by atoms with Crippen LogP contribution in [-0.4, -0.2) is 5.78 Å². The molecule has 0 saturated carbocycles. The van der Waals surface area contributed by atoms with Crippen molar-refractivity contribution in [2.45, 2.75) is 103 Å². The average Bonchev–Trinajstić information content (AvgIpc) is 2.51. The predicted octanol–water partition coefficient (Wildman–Crippen LogP) is 8.20. The third-order valence-electron chi connectivity index (χ3n) is 2.70. The molecule has 1 aromatic carbocycles. The standard InChI is InChI=1S/C10H14.C5H12.C4H10.C3H6O.C2H6/c1-4-10-7-8(2)5-6-9(10)3;1-4-5(2)3;1-4(2)3;1-3(2)4;1-2/h5-7H,4H2,1-3H3;5H,4H2,1-3H3;4H,1-3H3;1-2H3;1-2H3. The van der Waals surface area contributed by atoms with Crippen molar-refractivity contribution in [3.05, 3.63) is 34.9 Å². The topological polar surface area (TPSA) is 17.1 Å². The molecule has 0 radical (unpaired) electrons. The Kier molecular flexibility index (Phi) is 29.0. The number of hydrogen-bond donors (Lipinski definition) is 0. The summed E-state index contributed by atoms with van der Waals surface area (Å²) in [5.41, 5.74) is 4.25. The van der Waals surface area contributed by atoms with Crippen molar-refractivity contribution < 1.29 is 4.79 Å². The second-order valence-electron chi connectivity index (χ2n) is 7.23. The summed E-state index contributed by atoms with van der Waals surface area (Å²) in [6.07, 6.45) is 2.45. The Morgan fingerprint density at radius 3 is 1.44 bits per heavy atom. The van der Waals surface area contributed by atoms with Crippen LogP contribution in [0, 0.1) is 25.7 Å². The molecule has 0 amide bonds. The number of aryl methyl sites for hydroxylation is 3. The molecule has 0 aliphatic carbocycles. The molecule has 0 atom stereocenters. The molecule has 1 nitrogen and oxygen atoms in total. The summed E-state index contributed by atoms with van der Waals surface area (Å²) in [7, 11) is 0. The van der Waals surface area contributed by atoms with Crippen molar-refractivity contribution in [2.24, 2.45) is 11.8 Å². The van der Waals surface area contributed by atoms with Gasteiger partial charge < -0.3 is 4.79 Å². The van der Waals surface area contributed by atoms with Crippen LogP contribution in [0.25, 0.3) is 0 Å². The SMILES string of the molecule is CC.CC(C)=O.CC(C)C.CCC(C)C.CCc1cc(C)ccc1C. The summed E-state index contributed by atoms with van der Waals surface area (Å²) in [5, 5.41) is 0. The normalized spacial score (nSPS) is 8.60. The van der Waals surface area contributed by atoms with Crippen molar-refractivity contribution in [1.82, 2.24) is 0 Å².